The molecule has 0 aliphatic carbocycles. The van der Waals surface area contributed by atoms with Gasteiger partial charge in [0, 0.05) is 17.0 Å². The summed E-state index contributed by atoms with van der Waals surface area (Å²) >= 11 is 1.87. The van der Waals surface area contributed by atoms with Gasteiger partial charge in [0.1, 0.15) is 0 Å². The number of amides is 2. The van der Waals surface area contributed by atoms with Gasteiger partial charge in [0.2, 0.25) is 0 Å². The lowest BCUT2D eigenvalue weighted by molar-refractivity contribution is 0.236. The molecule has 0 aromatic carbocycles. The van der Waals surface area contributed by atoms with E-state index in [9.17, 15) is 4.79 Å². The molecule has 1 saturated heterocycles. The summed E-state index contributed by atoms with van der Waals surface area (Å²) in [7, 11) is 0. The zero-order chi connectivity index (χ0) is 9.90. The minimum atomic E-state index is -0.0988. The topological polar surface area (TPSA) is 41.1 Å². The van der Waals surface area contributed by atoms with Gasteiger partial charge in [-0.05, 0) is 13.8 Å². The molecule has 0 bridgehead atoms. The van der Waals surface area contributed by atoms with E-state index in [1.54, 1.807) is 6.08 Å². The zero-order valence-electron chi connectivity index (χ0n) is 8.09. The first-order chi connectivity index (χ1) is 6.06. The van der Waals surface area contributed by atoms with Crippen molar-refractivity contribution >= 4 is 17.8 Å². The number of carbonyl (C=O) groups is 1. The molecule has 3 nitrogen and oxygen atoms in total. The predicted molar refractivity (Wildman–Crippen MR) is 57.1 cm³/mol. The summed E-state index contributed by atoms with van der Waals surface area (Å²) in [4.78, 5) is 11.2. The van der Waals surface area contributed by atoms with Crippen LogP contribution in [0.4, 0.5) is 4.79 Å². The summed E-state index contributed by atoms with van der Waals surface area (Å²) in [6, 6.07) is 0.195. The first kappa shape index (κ1) is 10.4. The molecule has 1 aliphatic rings. The Labute approximate surface area is 83.3 Å². The molecule has 0 spiro atoms. The third kappa shape index (κ3) is 2.66. The maximum absolute atomic E-state index is 11.2. The Morgan fingerprint density at radius 3 is 2.85 bits per heavy atom. The van der Waals surface area contributed by atoms with Crippen LogP contribution >= 0.6 is 11.8 Å². The van der Waals surface area contributed by atoms with Crippen molar-refractivity contribution in [1.82, 2.24) is 10.6 Å². The predicted octanol–water partition coefficient (Wildman–Crippen LogP) is 1.37. The molecule has 0 aromatic rings. The summed E-state index contributed by atoms with van der Waals surface area (Å²) < 4.78 is 0.186. The number of hydrogen-bond acceptors (Lipinski definition) is 2. The van der Waals surface area contributed by atoms with E-state index in [0.29, 0.717) is 12.6 Å². The van der Waals surface area contributed by atoms with Gasteiger partial charge in [-0.2, -0.15) is 11.8 Å². The average molecular weight is 200 g/mol. The molecule has 13 heavy (non-hydrogen) atoms. The molecule has 1 heterocycles. The van der Waals surface area contributed by atoms with Gasteiger partial charge >= 0.3 is 6.03 Å². The van der Waals surface area contributed by atoms with E-state index < -0.39 is 0 Å². The van der Waals surface area contributed by atoms with Gasteiger partial charge in [0.05, 0.1) is 6.04 Å². The third-order valence-electron chi connectivity index (χ3n) is 2.17. The van der Waals surface area contributed by atoms with Crippen LogP contribution in [0.1, 0.15) is 13.8 Å². The molecule has 1 rings (SSSR count). The van der Waals surface area contributed by atoms with Crippen molar-refractivity contribution in [2.75, 3.05) is 12.3 Å². The van der Waals surface area contributed by atoms with Crippen molar-refractivity contribution < 1.29 is 4.79 Å². The minimum absolute atomic E-state index is 0.0988. The van der Waals surface area contributed by atoms with Crippen molar-refractivity contribution in [3.8, 4) is 0 Å². The lowest BCUT2D eigenvalue weighted by atomic mass is 10.0. The molecule has 2 N–H and O–H groups in total. The van der Waals surface area contributed by atoms with Gasteiger partial charge in [-0.25, -0.2) is 4.79 Å². The number of urea groups is 1. The maximum atomic E-state index is 11.2. The SMILES string of the molecule is C=CCNC(=O)NC1CSC1(C)C. The van der Waals surface area contributed by atoms with E-state index in [2.05, 4.69) is 31.1 Å². The summed E-state index contributed by atoms with van der Waals surface area (Å²) in [6.45, 7) is 8.32. The molecule has 4 heteroatoms. The van der Waals surface area contributed by atoms with Crippen molar-refractivity contribution in [1.29, 1.82) is 0 Å². The smallest absolute Gasteiger partial charge is 0.315 e. The number of rotatable bonds is 3. The molecule has 1 fully saturated rings. The molecular formula is C9H16N2OS. The molecule has 2 amide bonds. The van der Waals surface area contributed by atoms with E-state index in [4.69, 9.17) is 0 Å². The van der Waals surface area contributed by atoms with Gasteiger partial charge in [-0.3, -0.25) is 0 Å². The van der Waals surface area contributed by atoms with E-state index in [1.807, 2.05) is 11.8 Å². The first-order valence-corrected chi connectivity index (χ1v) is 5.34. The molecule has 1 aliphatic heterocycles. The van der Waals surface area contributed by atoms with Crippen molar-refractivity contribution in [3.63, 3.8) is 0 Å². The lowest BCUT2D eigenvalue weighted by Crippen LogP contribution is -2.58. The summed E-state index contributed by atoms with van der Waals surface area (Å²) in [6.07, 6.45) is 1.67. The van der Waals surface area contributed by atoms with Crippen LogP contribution < -0.4 is 10.6 Å². The fourth-order valence-corrected chi connectivity index (χ4v) is 2.23. The van der Waals surface area contributed by atoms with Gasteiger partial charge in [-0.1, -0.05) is 6.08 Å². The Morgan fingerprint density at radius 2 is 2.46 bits per heavy atom. The van der Waals surface area contributed by atoms with E-state index >= 15 is 0 Å². The monoisotopic (exact) mass is 200 g/mol. The second kappa shape index (κ2) is 4.05. The zero-order valence-corrected chi connectivity index (χ0v) is 8.91. The van der Waals surface area contributed by atoms with E-state index in [1.165, 1.54) is 0 Å². The van der Waals surface area contributed by atoms with Crippen LogP contribution in [-0.2, 0) is 0 Å². The van der Waals surface area contributed by atoms with Gasteiger partial charge in [0.25, 0.3) is 0 Å². The van der Waals surface area contributed by atoms with Crippen LogP contribution in [0.25, 0.3) is 0 Å². The molecule has 0 saturated carbocycles. The molecule has 1 atom stereocenters. The average Bonchev–Trinajstić information content (AvgIpc) is 2.09. The highest BCUT2D eigenvalue weighted by Gasteiger charge is 2.40. The Hall–Kier alpha value is -0.640. The van der Waals surface area contributed by atoms with Crippen LogP contribution in [0, 0.1) is 0 Å². The second-order valence-electron chi connectivity index (χ2n) is 3.61. The molecule has 0 aromatic heterocycles. The van der Waals surface area contributed by atoms with Crippen molar-refractivity contribution in [3.05, 3.63) is 12.7 Å². The highest BCUT2D eigenvalue weighted by Crippen LogP contribution is 2.39. The van der Waals surface area contributed by atoms with Gasteiger partial charge < -0.3 is 10.6 Å². The van der Waals surface area contributed by atoms with Crippen LogP contribution in [0.5, 0.6) is 0 Å². The van der Waals surface area contributed by atoms with Crippen molar-refractivity contribution in [2.45, 2.75) is 24.6 Å². The van der Waals surface area contributed by atoms with E-state index in [-0.39, 0.29) is 10.8 Å². The maximum Gasteiger partial charge on any atom is 0.315 e. The van der Waals surface area contributed by atoms with E-state index in [0.717, 1.165) is 5.75 Å². The molecule has 74 valence electrons. The Balaban J connectivity index is 2.25. The normalized spacial score (nSPS) is 24.3. The summed E-state index contributed by atoms with van der Waals surface area (Å²) in [5.74, 6) is 1.01. The highest BCUT2D eigenvalue weighted by molar-refractivity contribution is 8.02. The van der Waals surface area contributed by atoms with Crippen LogP contribution in [0.15, 0.2) is 12.7 Å². The number of hydrogen-bond donors (Lipinski definition) is 2. The second-order valence-corrected chi connectivity index (χ2v) is 5.28. The standard InChI is InChI=1S/C9H16N2OS/c1-4-5-10-8(12)11-7-6-13-9(7,2)3/h4,7H,1,5-6H2,2-3H3,(H2,10,11,12). The largest absolute Gasteiger partial charge is 0.335 e. The summed E-state index contributed by atoms with van der Waals surface area (Å²) in [5, 5.41) is 5.61. The van der Waals surface area contributed by atoms with Gasteiger partial charge in [-0.15, -0.1) is 6.58 Å². The summed E-state index contributed by atoms with van der Waals surface area (Å²) in [5.41, 5.74) is 0. The first-order valence-electron chi connectivity index (χ1n) is 4.35. The Morgan fingerprint density at radius 1 is 1.77 bits per heavy atom. The number of nitrogens with one attached hydrogen (secondary N) is 2. The fraction of sp³-hybridized carbons (Fsp3) is 0.667. The van der Waals surface area contributed by atoms with Crippen LogP contribution in [0.3, 0.4) is 0 Å². The minimum Gasteiger partial charge on any atom is -0.335 e. The van der Waals surface area contributed by atoms with Crippen LogP contribution in [-0.4, -0.2) is 29.1 Å². The third-order valence-corrected chi connectivity index (χ3v) is 3.70. The van der Waals surface area contributed by atoms with Gasteiger partial charge in [0.15, 0.2) is 0 Å². The quantitative estimate of drug-likeness (QED) is 0.675. The number of carbonyl (C=O) groups excluding carboxylic acids is 1. The lowest BCUT2D eigenvalue weighted by Gasteiger charge is -2.43. The van der Waals surface area contributed by atoms with Crippen LogP contribution in [0.2, 0.25) is 0 Å². The molecule has 1 unspecified atom stereocenters. The molecular weight excluding hydrogens is 184 g/mol. The number of thioether (sulfide) groups is 1. The fourth-order valence-electron chi connectivity index (χ4n) is 1.09. The molecule has 0 radical (unpaired) electrons. The Bertz CT molecular complexity index is 216. The Kier molecular flexibility index (Phi) is 3.25. The van der Waals surface area contributed by atoms with Crippen molar-refractivity contribution in [2.24, 2.45) is 0 Å². The highest BCUT2D eigenvalue weighted by atomic mass is 32.2.